The van der Waals surface area contributed by atoms with Crippen molar-refractivity contribution in [1.29, 1.82) is 0 Å². The van der Waals surface area contributed by atoms with Gasteiger partial charge in [0.2, 0.25) is 0 Å². The average Bonchev–Trinajstić information content (AvgIpc) is 2.43. The van der Waals surface area contributed by atoms with Crippen LogP contribution in [0.1, 0.15) is 19.4 Å². The van der Waals surface area contributed by atoms with E-state index < -0.39 is 5.91 Å². The van der Waals surface area contributed by atoms with Crippen molar-refractivity contribution in [2.24, 2.45) is 4.99 Å². The van der Waals surface area contributed by atoms with E-state index in [0.717, 1.165) is 5.56 Å². The fourth-order valence-corrected chi connectivity index (χ4v) is 1.49. The average molecular weight is 294 g/mol. The smallest absolute Gasteiger partial charge is 0.274 e. The highest BCUT2D eigenvalue weighted by Crippen LogP contribution is 2.07. The molecule has 106 valence electrons. The van der Waals surface area contributed by atoms with Gasteiger partial charge in [0.15, 0.2) is 11.5 Å². The van der Waals surface area contributed by atoms with E-state index in [9.17, 15) is 14.3 Å². The molecule has 1 rings (SSSR count). The van der Waals surface area contributed by atoms with E-state index in [-0.39, 0.29) is 28.7 Å². The second kappa shape index (κ2) is 7.49. The molecule has 0 aliphatic rings. The number of aliphatic hydroxyl groups excluding tert-OH is 1. The van der Waals surface area contributed by atoms with Crippen LogP contribution in [0, 0.1) is 5.82 Å². The molecule has 1 aromatic carbocycles. The molecule has 0 fully saturated rings. The highest BCUT2D eigenvalue weighted by Gasteiger charge is 2.15. The molecule has 6 heteroatoms. The van der Waals surface area contributed by atoms with Crippen LogP contribution in [0.2, 0.25) is 0 Å². The summed E-state index contributed by atoms with van der Waals surface area (Å²) in [4.78, 5) is 15.9. The largest absolute Gasteiger partial charge is 0.504 e. The van der Waals surface area contributed by atoms with E-state index in [1.807, 2.05) is 0 Å². The number of halogens is 1. The summed E-state index contributed by atoms with van der Waals surface area (Å²) in [6, 6.07) is 5.74. The molecular formula is C14H15FN2O2S. The van der Waals surface area contributed by atoms with Crippen LogP contribution >= 0.6 is 12.2 Å². The van der Waals surface area contributed by atoms with Crippen molar-refractivity contribution in [1.82, 2.24) is 5.32 Å². The predicted octanol–water partition coefficient (Wildman–Crippen LogP) is 2.69. The molecule has 1 amide bonds. The number of benzene rings is 1. The summed E-state index contributed by atoms with van der Waals surface area (Å²) in [6.45, 7) is 3.33. The maximum atomic E-state index is 12.7. The van der Waals surface area contributed by atoms with Gasteiger partial charge in [-0.3, -0.25) is 9.79 Å². The summed E-state index contributed by atoms with van der Waals surface area (Å²) in [5, 5.41) is 12.3. The van der Waals surface area contributed by atoms with E-state index >= 15 is 0 Å². The van der Waals surface area contributed by atoms with Gasteiger partial charge in [0.1, 0.15) is 5.82 Å². The number of carbonyl (C=O) groups excluding carboxylic acids is 1. The lowest BCUT2D eigenvalue weighted by Gasteiger charge is -2.07. The van der Waals surface area contributed by atoms with Gasteiger partial charge in [0.25, 0.3) is 5.91 Å². The van der Waals surface area contributed by atoms with Crippen LogP contribution in [0.15, 0.2) is 40.7 Å². The highest BCUT2D eigenvalue weighted by molar-refractivity contribution is 7.80. The van der Waals surface area contributed by atoms with Gasteiger partial charge in [-0.25, -0.2) is 4.39 Å². The normalized spacial score (nSPS) is 12.2. The molecule has 0 unspecified atom stereocenters. The Balaban J connectivity index is 2.80. The third-order valence-electron chi connectivity index (χ3n) is 2.40. The molecule has 0 saturated carbocycles. The number of carbonyl (C=O) groups is 1. The lowest BCUT2D eigenvalue weighted by Crippen LogP contribution is -2.25. The number of amides is 1. The molecule has 1 aromatic rings. The van der Waals surface area contributed by atoms with Crippen LogP contribution in [0.25, 0.3) is 0 Å². The van der Waals surface area contributed by atoms with Gasteiger partial charge in [-0.15, -0.1) is 0 Å². The molecule has 0 bridgehead atoms. The van der Waals surface area contributed by atoms with Crippen LogP contribution in [0.5, 0.6) is 0 Å². The molecule has 0 heterocycles. The quantitative estimate of drug-likeness (QED) is 0.380. The van der Waals surface area contributed by atoms with Gasteiger partial charge in [-0.05, 0) is 31.5 Å². The Morgan fingerprint density at radius 3 is 2.55 bits per heavy atom. The lowest BCUT2D eigenvalue weighted by molar-refractivity contribution is -0.117. The number of thiocarbonyl (C=S) groups is 1. The summed E-state index contributed by atoms with van der Waals surface area (Å²) in [6.07, 6.45) is 1.39. The molecule has 20 heavy (non-hydrogen) atoms. The molecule has 0 aliphatic carbocycles. The van der Waals surface area contributed by atoms with Gasteiger partial charge in [0, 0.05) is 12.8 Å². The Bertz CT molecular complexity index is 565. The van der Waals surface area contributed by atoms with Crippen molar-refractivity contribution in [3.8, 4) is 0 Å². The number of nitrogens with one attached hydrogen (secondary N) is 1. The number of hydrogen-bond acceptors (Lipinski definition) is 4. The Labute approximate surface area is 122 Å². The first-order valence-corrected chi connectivity index (χ1v) is 6.32. The molecule has 0 spiro atoms. The molecule has 0 radical (unpaired) electrons. The maximum Gasteiger partial charge on any atom is 0.274 e. The van der Waals surface area contributed by atoms with Crippen molar-refractivity contribution < 1.29 is 14.3 Å². The summed E-state index contributed by atoms with van der Waals surface area (Å²) in [5.74, 6) is -1.21. The van der Waals surface area contributed by atoms with Crippen molar-refractivity contribution in [2.75, 3.05) is 0 Å². The highest BCUT2D eigenvalue weighted by atomic mass is 32.1. The Kier molecular flexibility index (Phi) is 5.99. The number of hydrogen-bond donors (Lipinski definition) is 2. The number of aliphatic imine (C=N–C) groups is 1. The number of rotatable bonds is 5. The fraction of sp³-hybridized carbons (Fsp3) is 0.214. The second-order valence-electron chi connectivity index (χ2n) is 3.95. The van der Waals surface area contributed by atoms with Crippen LogP contribution in [0.3, 0.4) is 0 Å². The first-order chi connectivity index (χ1) is 9.45. The molecule has 4 nitrogen and oxygen atoms in total. The number of aliphatic hydroxyl groups is 1. The van der Waals surface area contributed by atoms with Crippen LogP contribution < -0.4 is 5.32 Å². The minimum atomic E-state index is -0.547. The standard InChI is InChI=1S/C14H15FN2O2S/c1-3-16-12(13(18)9(2)20)14(19)17-8-10-4-6-11(15)7-5-10/h3-7,18H,8H2,1-2H3,(H,17,19)/b13-12+,16-3?. The van der Waals surface area contributed by atoms with Gasteiger partial charge < -0.3 is 10.4 Å². The van der Waals surface area contributed by atoms with E-state index in [2.05, 4.69) is 10.3 Å². The summed E-state index contributed by atoms with van der Waals surface area (Å²) >= 11 is 4.82. The topological polar surface area (TPSA) is 61.7 Å². The predicted molar refractivity (Wildman–Crippen MR) is 80.3 cm³/mol. The van der Waals surface area contributed by atoms with Gasteiger partial charge in [-0.1, -0.05) is 24.4 Å². The SMILES string of the molecule is CC=N/C(C(=O)NCc1ccc(F)cc1)=C(/O)C(C)=S. The van der Waals surface area contributed by atoms with Gasteiger partial charge in [0.05, 0.1) is 4.86 Å². The van der Waals surface area contributed by atoms with Crippen LogP contribution in [-0.4, -0.2) is 22.1 Å². The number of nitrogens with zero attached hydrogens (tertiary/aromatic N) is 1. The minimum absolute atomic E-state index is 0.137. The van der Waals surface area contributed by atoms with E-state index in [1.165, 1.54) is 25.3 Å². The van der Waals surface area contributed by atoms with Gasteiger partial charge in [-0.2, -0.15) is 0 Å². The Morgan fingerprint density at radius 2 is 2.05 bits per heavy atom. The molecule has 0 saturated heterocycles. The van der Waals surface area contributed by atoms with Crippen LogP contribution in [-0.2, 0) is 11.3 Å². The monoisotopic (exact) mass is 294 g/mol. The van der Waals surface area contributed by atoms with Crippen molar-refractivity contribution in [3.63, 3.8) is 0 Å². The maximum absolute atomic E-state index is 12.7. The lowest BCUT2D eigenvalue weighted by atomic mass is 10.2. The first kappa shape index (κ1) is 16.0. The summed E-state index contributed by atoms with van der Waals surface area (Å²) < 4.78 is 12.7. The Hall–Kier alpha value is -2.08. The summed E-state index contributed by atoms with van der Waals surface area (Å²) in [7, 11) is 0. The zero-order chi connectivity index (χ0) is 15.1. The second-order valence-corrected chi connectivity index (χ2v) is 4.56. The van der Waals surface area contributed by atoms with Crippen molar-refractivity contribution in [2.45, 2.75) is 20.4 Å². The molecule has 0 atom stereocenters. The van der Waals surface area contributed by atoms with E-state index in [1.54, 1.807) is 19.1 Å². The fourth-order valence-electron chi connectivity index (χ4n) is 1.39. The van der Waals surface area contributed by atoms with Crippen molar-refractivity contribution >= 4 is 29.2 Å². The molecule has 0 aliphatic heterocycles. The molecular weight excluding hydrogens is 279 g/mol. The third-order valence-corrected chi connectivity index (χ3v) is 2.59. The molecule has 0 aromatic heterocycles. The van der Waals surface area contributed by atoms with Crippen molar-refractivity contribution in [3.05, 3.63) is 47.1 Å². The van der Waals surface area contributed by atoms with E-state index in [0.29, 0.717) is 0 Å². The first-order valence-electron chi connectivity index (χ1n) is 5.91. The minimum Gasteiger partial charge on any atom is -0.504 e. The zero-order valence-corrected chi connectivity index (χ0v) is 12.0. The number of allylic oxidation sites excluding steroid dienone is 1. The molecule has 2 N–H and O–H groups in total. The Morgan fingerprint density at radius 1 is 1.45 bits per heavy atom. The summed E-state index contributed by atoms with van der Waals surface area (Å²) in [5.41, 5.74) is 0.597. The van der Waals surface area contributed by atoms with E-state index in [4.69, 9.17) is 12.2 Å². The van der Waals surface area contributed by atoms with Gasteiger partial charge >= 0.3 is 0 Å². The third kappa shape index (κ3) is 4.55. The zero-order valence-electron chi connectivity index (χ0n) is 11.2. The van der Waals surface area contributed by atoms with Crippen LogP contribution in [0.4, 0.5) is 4.39 Å².